The fourth-order valence-corrected chi connectivity index (χ4v) is 5.36. The quantitative estimate of drug-likeness (QED) is 0.398. The Morgan fingerprint density at radius 1 is 1.15 bits per heavy atom. The predicted molar refractivity (Wildman–Crippen MR) is 129 cm³/mol. The highest BCUT2D eigenvalue weighted by Crippen LogP contribution is 2.35. The van der Waals surface area contributed by atoms with Crippen LogP contribution in [0.3, 0.4) is 0 Å². The SMILES string of the molecule is CO[C@@H]1[C@@H](n2cc(-c3cc(F)cc(F)c3)nn2)[C@@H](O)[C@@H](CO)O[C@@H]1Cc1cc(C2CCN(C(=O)O)CC2)on1. The van der Waals surface area contributed by atoms with Crippen LogP contribution in [0.5, 0.6) is 0 Å². The molecule has 0 radical (unpaired) electrons. The number of methoxy groups -OCH3 is 1. The van der Waals surface area contributed by atoms with Crippen molar-refractivity contribution in [3.05, 3.63) is 53.6 Å². The van der Waals surface area contributed by atoms with Crippen molar-refractivity contribution in [2.45, 2.75) is 55.6 Å². The van der Waals surface area contributed by atoms with E-state index in [1.54, 1.807) is 6.07 Å². The zero-order valence-corrected chi connectivity index (χ0v) is 21.1. The molecule has 0 saturated carbocycles. The summed E-state index contributed by atoms with van der Waals surface area (Å²) in [5.74, 6) is -0.841. The molecule has 0 spiro atoms. The van der Waals surface area contributed by atoms with E-state index >= 15 is 0 Å². The second-order valence-electron chi connectivity index (χ2n) is 9.79. The highest BCUT2D eigenvalue weighted by Gasteiger charge is 2.47. The molecule has 2 aromatic heterocycles. The van der Waals surface area contributed by atoms with E-state index in [-0.39, 0.29) is 23.6 Å². The summed E-state index contributed by atoms with van der Waals surface area (Å²) < 4.78 is 46.1. The van der Waals surface area contributed by atoms with Gasteiger partial charge in [-0.05, 0) is 25.0 Å². The second kappa shape index (κ2) is 11.3. The normalized spacial score (nSPS) is 26.2. The first-order chi connectivity index (χ1) is 18.8. The monoisotopic (exact) mass is 549 g/mol. The lowest BCUT2D eigenvalue weighted by Gasteiger charge is -2.43. The summed E-state index contributed by atoms with van der Waals surface area (Å²) in [6.45, 7) is 0.342. The maximum absolute atomic E-state index is 13.7. The first-order valence-electron chi connectivity index (χ1n) is 12.6. The largest absolute Gasteiger partial charge is 0.465 e. The number of halogens is 2. The number of aliphatic hydroxyl groups is 2. The van der Waals surface area contributed by atoms with Crippen molar-refractivity contribution in [3.8, 4) is 11.3 Å². The number of aliphatic hydroxyl groups excluding tert-OH is 2. The number of carboxylic acid groups (broad SMARTS) is 1. The van der Waals surface area contributed by atoms with Gasteiger partial charge in [0, 0.05) is 50.2 Å². The Labute approximate surface area is 221 Å². The molecule has 12 nitrogen and oxygen atoms in total. The Morgan fingerprint density at radius 3 is 2.51 bits per heavy atom. The molecule has 4 heterocycles. The predicted octanol–water partition coefficient (Wildman–Crippen LogP) is 1.99. The first-order valence-corrected chi connectivity index (χ1v) is 12.6. The first kappa shape index (κ1) is 27.1. The fraction of sp³-hybridized carbons (Fsp3) is 0.520. The van der Waals surface area contributed by atoms with Crippen LogP contribution < -0.4 is 0 Å². The standard InChI is InChI=1S/C25H29F2N5O7/c1-37-24-20(10-17-9-19(39-29-17)13-2-4-31(5-3-13)25(35)36)38-21(12-33)23(34)22(24)32-11-18(28-30-32)14-6-15(26)8-16(27)7-14/h6-9,11,13,20-24,33-34H,2-5,10,12H2,1H3,(H,35,36)/t20-,21-,22+,23+,24+/m1/s1. The van der Waals surface area contributed by atoms with Gasteiger partial charge in [-0.1, -0.05) is 10.4 Å². The summed E-state index contributed by atoms with van der Waals surface area (Å²) in [5, 5.41) is 42.4. The third kappa shape index (κ3) is 5.64. The van der Waals surface area contributed by atoms with Gasteiger partial charge in [0.2, 0.25) is 0 Å². The average molecular weight is 550 g/mol. The van der Waals surface area contributed by atoms with Crippen LogP contribution in [0.2, 0.25) is 0 Å². The Bertz CT molecular complexity index is 1280. The van der Waals surface area contributed by atoms with Crippen LogP contribution in [0.15, 0.2) is 35.0 Å². The van der Waals surface area contributed by atoms with Gasteiger partial charge in [0.15, 0.2) is 0 Å². The van der Waals surface area contributed by atoms with Crippen LogP contribution >= 0.6 is 0 Å². The van der Waals surface area contributed by atoms with Crippen molar-refractivity contribution in [2.75, 3.05) is 26.8 Å². The van der Waals surface area contributed by atoms with E-state index in [1.165, 1.54) is 22.9 Å². The molecule has 39 heavy (non-hydrogen) atoms. The lowest BCUT2D eigenvalue weighted by Crippen LogP contribution is -2.57. The highest BCUT2D eigenvalue weighted by molar-refractivity contribution is 5.65. The van der Waals surface area contributed by atoms with Gasteiger partial charge in [0.25, 0.3) is 0 Å². The van der Waals surface area contributed by atoms with Gasteiger partial charge < -0.3 is 34.2 Å². The number of piperidine rings is 1. The number of carbonyl (C=O) groups is 1. The van der Waals surface area contributed by atoms with Gasteiger partial charge in [-0.2, -0.15) is 0 Å². The molecule has 3 N–H and O–H groups in total. The Hall–Kier alpha value is -3.46. The Kier molecular flexibility index (Phi) is 7.88. The summed E-state index contributed by atoms with van der Waals surface area (Å²) in [6, 6.07) is 3.95. The minimum absolute atomic E-state index is 0.0355. The molecule has 210 valence electrons. The van der Waals surface area contributed by atoms with Crippen LogP contribution in [0, 0.1) is 11.6 Å². The fourth-order valence-electron chi connectivity index (χ4n) is 5.36. The molecule has 14 heteroatoms. The lowest BCUT2D eigenvalue weighted by molar-refractivity contribution is -0.212. The molecular weight excluding hydrogens is 520 g/mol. The van der Waals surface area contributed by atoms with Gasteiger partial charge in [-0.25, -0.2) is 18.3 Å². The minimum atomic E-state index is -1.23. The minimum Gasteiger partial charge on any atom is -0.465 e. The lowest BCUT2D eigenvalue weighted by atomic mass is 9.90. The van der Waals surface area contributed by atoms with Gasteiger partial charge >= 0.3 is 6.09 Å². The van der Waals surface area contributed by atoms with Crippen LogP contribution in [0.25, 0.3) is 11.3 Å². The number of likely N-dealkylation sites (tertiary alicyclic amines) is 1. The van der Waals surface area contributed by atoms with E-state index in [0.717, 1.165) is 18.2 Å². The van der Waals surface area contributed by atoms with Gasteiger partial charge in [0.1, 0.15) is 47.4 Å². The molecule has 2 aliphatic rings. The maximum atomic E-state index is 13.7. The van der Waals surface area contributed by atoms with Crippen molar-refractivity contribution < 1.29 is 42.9 Å². The zero-order valence-electron chi connectivity index (χ0n) is 21.1. The van der Waals surface area contributed by atoms with E-state index in [0.29, 0.717) is 37.4 Å². The summed E-state index contributed by atoms with van der Waals surface area (Å²) in [4.78, 5) is 12.5. The molecule has 0 aliphatic carbocycles. The number of hydrogen-bond acceptors (Lipinski definition) is 9. The van der Waals surface area contributed by atoms with Crippen LogP contribution in [0.1, 0.15) is 36.3 Å². The number of rotatable bonds is 7. The third-order valence-corrected chi connectivity index (χ3v) is 7.36. The van der Waals surface area contributed by atoms with Crippen LogP contribution in [-0.4, -0.2) is 97.7 Å². The van der Waals surface area contributed by atoms with E-state index in [4.69, 9.17) is 19.1 Å². The average Bonchev–Trinajstić information content (AvgIpc) is 3.59. The molecule has 1 aromatic carbocycles. The summed E-state index contributed by atoms with van der Waals surface area (Å²) in [5.41, 5.74) is 0.932. The highest BCUT2D eigenvalue weighted by atomic mass is 19.1. The number of amides is 1. The van der Waals surface area contributed by atoms with E-state index in [9.17, 15) is 23.8 Å². The number of aromatic nitrogens is 4. The van der Waals surface area contributed by atoms with Crippen molar-refractivity contribution in [2.24, 2.45) is 0 Å². The van der Waals surface area contributed by atoms with E-state index in [2.05, 4.69) is 15.5 Å². The molecule has 2 saturated heterocycles. The van der Waals surface area contributed by atoms with E-state index < -0.39 is 54.8 Å². The molecule has 2 aliphatic heterocycles. The van der Waals surface area contributed by atoms with Gasteiger partial charge in [-0.3, -0.25) is 0 Å². The molecule has 1 amide bonds. The van der Waals surface area contributed by atoms with Gasteiger partial charge in [-0.15, -0.1) is 5.10 Å². The summed E-state index contributed by atoms with van der Waals surface area (Å²) >= 11 is 0. The number of nitrogens with zero attached hydrogens (tertiary/aromatic N) is 5. The number of ether oxygens (including phenoxy) is 2. The summed E-state index contributed by atoms with van der Waals surface area (Å²) in [7, 11) is 1.45. The maximum Gasteiger partial charge on any atom is 0.407 e. The molecule has 3 aromatic rings. The van der Waals surface area contributed by atoms with Gasteiger partial charge in [0.05, 0.1) is 24.6 Å². The molecule has 0 unspecified atom stereocenters. The second-order valence-corrected chi connectivity index (χ2v) is 9.79. The third-order valence-electron chi connectivity index (χ3n) is 7.36. The molecular formula is C25H29F2N5O7. The van der Waals surface area contributed by atoms with Crippen LogP contribution in [-0.2, 0) is 15.9 Å². The number of hydrogen-bond donors (Lipinski definition) is 3. The van der Waals surface area contributed by atoms with E-state index in [1.807, 2.05) is 0 Å². The van der Waals surface area contributed by atoms with Crippen molar-refractivity contribution >= 4 is 6.09 Å². The summed E-state index contributed by atoms with van der Waals surface area (Å²) in [6.07, 6.45) is -1.68. The Balaban J connectivity index is 1.35. The molecule has 0 bridgehead atoms. The molecule has 5 atom stereocenters. The number of benzene rings is 1. The molecule has 5 rings (SSSR count). The van der Waals surface area contributed by atoms with Crippen molar-refractivity contribution in [3.63, 3.8) is 0 Å². The van der Waals surface area contributed by atoms with Crippen molar-refractivity contribution in [1.29, 1.82) is 0 Å². The molecule has 2 fully saturated rings. The smallest absolute Gasteiger partial charge is 0.407 e. The zero-order chi connectivity index (χ0) is 27.7. The Morgan fingerprint density at radius 2 is 1.87 bits per heavy atom. The van der Waals surface area contributed by atoms with Crippen LogP contribution in [0.4, 0.5) is 13.6 Å². The van der Waals surface area contributed by atoms with Crippen molar-refractivity contribution in [1.82, 2.24) is 25.1 Å². The topological polar surface area (TPSA) is 156 Å².